The highest BCUT2D eigenvalue weighted by Crippen LogP contribution is 2.26. The molecule has 2 aromatic carbocycles. The SMILES string of the molecule is Cc1cc2nc(C3Cc4ccccc4CN3)[nH]c2cc1C. The van der Waals surface area contributed by atoms with Crippen molar-refractivity contribution in [3.05, 3.63) is 64.5 Å². The number of benzene rings is 2. The summed E-state index contributed by atoms with van der Waals surface area (Å²) in [4.78, 5) is 8.28. The summed E-state index contributed by atoms with van der Waals surface area (Å²) in [6, 6.07) is 13.3. The standard InChI is InChI=1S/C18H19N3/c1-11-7-15-16(8-12(11)2)21-18(20-15)17-9-13-5-3-4-6-14(13)10-19-17/h3-8,17,19H,9-10H2,1-2H3,(H,20,21). The Kier molecular flexibility index (Phi) is 2.82. The molecule has 3 nitrogen and oxygen atoms in total. The lowest BCUT2D eigenvalue weighted by atomic mass is 9.96. The Morgan fingerprint density at radius 3 is 2.67 bits per heavy atom. The van der Waals surface area contributed by atoms with Gasteiger partial charge in [0.05, 0.1) is 17.1 Å². The highest BCUT2D eigenvalue weighted by Gasteiger charge is 2.21. The zero-order chi connectivity index (χ0) is 14.4. The van der Waals surface area contributed by atoms with Crippen molar-refractivity contribution in [3.63, 3.8) is 0 Å². The van der Waals surface area contributed by atoms with Gasteiger partial charge in [0.25, 0.3) is 0 Å². The molecule has 2 heterocycles. The number of hydrogen-bond donors (Lipinski definition) is 2. The molecule has 0 aliphatic carbocycles. The van der Waals surface area contributed by atoms with Crippen molar-refractivity contribution >= 4 is 11.0 Å². The normalized spacial score (nSPS) is 17.9. The molecular weight excluding hydrogens is 258 g/mol. The lowest BCUT2D eigenvalue weighted by molar-refractivity contribution is 0.481. The number of fused-ring (bicyclic) bond motifs is 2. The zero-order valence-electron chi connectivity index (χ0n) is 12.4. The predicted octanol–water partition coefficient (Wildman–Crippen LogP) is 3.57. The second-order valence-electron chi connectivity index (χ2n) is 5.98. The zero-order valence-corrected chi connectivity index (χ0v) is 12.4. The van der Waals surface area contributed by atoms with Crippen molar-refractivity contribution in [1.29, 1.82) is 0 Å². The Labute approximate surface area is 124 Å². The first-order valence-corrected chi connectivity index (χ1v) is 7.48. The van der Waals surface area contributed by atoms with E-state index in [0.717, 1.165) is 29.8 Å². The molecule has 1 aromatic heterocycles. The van der Waals surface area contributed by atoms with Gasteiger partial charge in [0.2, 0.25) is 0 Å². The van der Waals surface area contributed by atoms with Crippen LogP contribution in [0.4, 0.5) is 0 Å². The van der Waals surface area contributed by atoms with E-state index >= 15 is 0 Å². The Hall–Kier alpha value is -2.13. The van der Waals surface area contributed by atoms with Gasteiger partial charge < -0.3 is 10.3 Å². The Balaban J connectivity index is 1.71. The van der Waals surface area contributed by atoms with Gasteiger partial charge in [-0.05, 0) is 54.7 Å². The molecule has 0 saturated carbocycles. The fourth-order valence-electron chi connectivity index (χ4n) is 3.10. The van der Waals surface area contributed by atoms with Gasteiger partial charge in [-0.15, -0.1) is 0 Å². The number of imidazole rings is 1. The molecule has 0 spiro atoms. The first-order chi connectivity index (χ1) is 10.2. The molecule has 1 unspecified atom stereocenters. The fraction of sp³-hybridized carbons (Fsp3) is 0.278. The van der Waals surface area contributed by atoms with Crippen molar-refractivity contribution in [3.8, 4) is 0 Å². The Morgan fingerprint density at radius 1 is 1.05 bits per heavy atom. The van der Waals surface area contributed by atoms with E-state index in [0.29, 0.717) is 0 Å². The van der Waals surface area contributed by atoms with Crippen LogP contribution in [0.15, 0.2) is 36.4 Å². The topological polar surface area (TPSA) is 40.7 Å². The first kappa shape index (κ1) is 12.6. The third kappa shape index (κ3) is 2.14. The molecule has 1 aliphatic heterocycles. The molecule has 21 heavy (non-hydrogen) atoms. The van der Waals surface area contributed by atoms with E-state index in [-0.39, 0.29) is 6.04 Å². The van der Waals surface area contributed by atoms with Crippen LogP contribution in [0.2, 0.25) is 0 Å². The Bertz CT molecular complexity index is 777. The van der Waals surface area contributed by atoms with Gasteiger partial charge in [0.1, 0.15) is 5.82 Å². The second-order valence-corrected chi connectivity index (χ2v) is 5.98. The summed E-state index contributed by atoms with van der Waals surface area (Å²) in [7, 11) is 0. The van der Waals surface area contributed by atoms with Gasteiger partial charge in [-0.2, -0.15) is 0 Å². The van der Waals surface area contributed by atoms with E-state index in [9.17, 15) is 0 Å². The van der Waals surface area contributed by atoms with Gasteiger partial charge >= 0.3 is 0 Å². The van der Waals surface area contributed by atoms with Gasteiger partial charge in [-0.1, -0.05) is 24.3 Å². The summed E-state index contributed by atoms with van der Waals surface area (Å²) in [6.45, 7) is 5.19. The summed E-state index contributed by atoms with van der Waals surface area (Å²) in [5.41, 5.74) is 7.62. The van der Waals surface area contributed by atoms with E-state index in [1.54, 1.807) is 0 Å². The molecule has 3 heteroatoms. The van der Waals surface area contributed by atoms with Gasteiger partial charge in [-0.3, -0.25) is 0 Å². The fourth-order valence-corrected chi connectivity index (χ4v) is 3.10. The molecule has 0 saturated heterocycles. The van der Waals surface area contributed by atoms with Crippen LogP contribution in [0.1, 0.15) is 34.1 Å². The van der Waals surface area contributed by atoms with Crippen molar-refractivity contribution in [2.45, 2.75) is 32.9 Å². The molecule has 2 N–H and O–H groups in total. The highest BCUT2D eigenvalue weighted by molar-refractivity contribution is 5.77. The number of aromatic nitrogens is 2. The number of H-pyrrole nitrogens is 1. The molecule has 3 aromatic rings. The molecule has 106 valence electrons. The molecule has 0 bridgehead atoms. The highest BCUT2D eigenvalue weighted by atomic mass is 15.0. The number of rotatable bonds is 1. The predicted molar refractivity (Wildman–Crippen MR) is 85.3 cm³/mol. The van der Waals surface area contributed by atoms with E-state index < -0.39 is 0 Å². The average molecular weight is 277 g/mol. The third-order valence-corrected chi connectivity index (χ3v) is 4.53. The van der Waals surface area contributed by atoms with Crippen LogP contribution in [0, 0.1) is 13.8 Å². The van der Waals surface area contributed by atoms with E-state index in [4.69, 9.17) is 4.98 Å². The second kappa shape index (κ2) is 4.71. The maximum atomic E-state index is 4.79. The summed E-state index contributed by atoms with van der Waals surface area (Å²) >= 11 is 0. The van der Waals surface area contributed by atoms with E-state index in [1.807, 2.05) is 0 Å². The molecule has 4 rings (SSSR count). The largest absolute Gasteiger partial charge is 0.341 e. The molecule has 1 atom stereocenters. The average Bonchev–Trinajstić information content (AvgIpc) is 2.90. The maximum Gasteiger partial charge on any atom is 0.124 e. The number of nitrogens with zero attached hydrogens (tertiary/aromatic N) is 1. The quantitative estimate of drug-likeness (QED) is 0.714. The molecule has 1 aliphatic rings. The van der Waals surface area contributed by atoms with Crippen LogP contribution in [-0.4, -0.2) is 9.97 Å². The van der Waals surface area contributed by atoms with Gasteiger partial charge in [0, 0.05) is 6.54 Å². The lowest BCUT2D eigenvalue weighted by Gasteiger charge is -2.24. The van der Waals surface area contributed by atoms with Gasteiger partial charge in [0.15, 0.2) is 0 Å². The minimum Gasteiger partial charge on any atom is -0.341 e. The maximum absolute atomic E-state index is 4.79. The molecule has 0 amide bonds. The van der Waals surface area contributed by atoms with Crippen molar-refractivity contribution in [2.24, 2.45) is 0 Å². The van der Waals surface area contributed by atoms with Crippen molar-refractivity contribution in [1.82, 2.24) is 15.3 Å². The summed E-state index contributed by atoms with van der Waals surface area (Å²) < 4.78 is 0. The van der Waals surface area contributed by atoms with Crippen LogP contribution in [-0.2, 0) is 13.0 Å². The van der Waals surface area contributed by atoms with Crippen molar-refractivity contribution in [2.75, 3.05) is 0 Å². The molecular formula is C18H19N3. The lowest BCUT2D eigenvalue weighted by Crippen LogP contribution is -2.29. The van der Waals surface area contributed by atoms with E-state index in [1.165, 1.54) is 22.3 Å². The summed E-state index contributed by atoms with van der Waals surface area (Å²) in [6.07, 6.45) is 0.994. The summed E-state index contributed by atoms with van der Waals surface area (Å²) in [5.74, 6) is 1.05. The minimum absolute atomic E-state index is 0.271. The third-order valence-electron chi connectivity index (χ3n) is 4.53. The number of aromatic amines is 1. The first-order valence-electron chi connectivity index (χ1n) is 7.48. The minimum atomic E-state index is 0.271. The molecule has 0 fully saturated rings. The molecule has 0 radical (unpaired) electrons. The van der Waals surface area contributed by atoms with Crippen LogP contribution < -0.4 is 5.32 Å². The number of aryl methyl sites for hydroxylation is 2. The Morgan fingerprint density at radius 2 is 1.81 bits per heavy atom. The number of hydrogen-bond acceptors (Lipinski definition) is 2. The smallest absolute Gasteiger partial charge is 0.124 e. The van der Waals surface area contributed by atoms with Crippen LogP contribution in [0.5, 0.6) is 0 Å². The van der Waals surface area contributed by atoms with Crippen LogP contribution in [0.25, 0.3) is 11.0 Å². The van der Waals surface area contributed by atoms with E-state index in [2.05, 4.69) is 60.5 Å². The monoisotopic (exact) mass is 277 g/mol. The van der Waals surface area contributed by atoms with Gasteiger partial charge in [-0.25, -0.2) is 4.98 Å². The van der Waals surface area contributed by atoms with Crippen LogP contribution in [0.3, 0.4) is 0 Å². The number of nitrogens with one attached hydrogen (secondary N) is 2. The summed E-state index contributed by atoms with van der Waals surface area (Å²) in [5, 5.41) is 3.59. The van der Waals surface area contributed by atoms with Crippen molar-refractivity contribution < 1.29 is 0 Å². The van der Waals surface area contributed by atoms with Crippen LogP contribution >= 0.6 is 0 Å².